The van der Waals surface area contributed by atoms with Crippen molar-refractivity contribution in [2.45, 2.75) is 0 Å². The molecule has 0 atom stereocenters. The highest BCUT2D eigenvalue weighted by Gasteiger charge is 2.10. The van der Waals surface area contributed by atoms with Crippen LogP contribution in [0.1, 0.15) is 0 Å². The van der Waals surface area contributed by atoms with Gasteiger partial charge in [0, 0.05) is 0 Å². The van der Waals surface area contributed by atoms with Gasteiger partial charge < -0.3 is 10.5 Å². The second-order valence-electron chi connectivity index (χ2n) is 2.80. The summed E-state index contributed by atoms with van der Waals surface area (Å²) in [6.45, 7) is 0. The number of aromatic nitrogens is 2. The maximum absolute atomic E-state index is 11.3. The van der Waals surface area contributed by atoms with Crippen molar-refractivity contribution in [3.05, 3.63) is 24.5 Å². The normalized spacial score (nSPS) is 10.4. The van der Waals surface area contributed by atoms with E-state index in [1.54, 1.807) is 18.2 Å². The SMILES string of the molecule is COC(=O)n1cnc2c(N)cccc21. The van der Waals surface area contributed by atoms with E-state index in [1.807, 2.05) is 0 Å². The van der Waals surface area contributed by atoms with Crippen molar-refractivity contribution in [1.29, 1.82) is 0 Å². The van der Waals surface area contributed by atoms with Crippen molar-refractivity contribution >= 4 is 22.8 Å². The molecule has 0 saturated carbocycles. The predicted molar refractivity (Wildman–Crippen MR) is 51.9 cm³/mol. The summed E-state index contributed by atoms with van der Waals surface area (Å²) in [5, 5.41) is 0. The number of fused-ring (bicyclic) bond motifs is 1. The third kappa shape index (κ3) is 1.10. The molecule has 0 spiro atoms. The van der Waals surface area contributed by atoms with Crippen molar-refractivity contribution in [3.63, 3.8) is 0 Å². The minimum Gasteiger partial charge on any atom is -0.452 e. The van der Waals surface area contributed by atoms with E-state index in [-0.39, 0.29) is 0 Å². The highest BCUT2D eigenvalue weighted by Crippen LogP contribution is 2.18. The number of hydrogen-bond donors (Lipinski definition) is 1. The average molecular weight is 191 g/mol. The summed E-state index contributed by atoms with van der Waals surface area (Å²) in [5.74, 6) is 0. The first-order valence-electron chi connectivity index (χ1n) is 4.04. The number of benzene rings is 1. The third-order valence-electron chi connectivity index (χ3n) is 1.98. The van der Waals surface area contributed by atoms with Crippen molar-refractivity contribution in [2.75, 3.05) is 12.8 Å². The van der Waals surface area contributed by atoms with E-state index in [2.05, 4.69) is 9.72 Å². The van der Waals surface area contributed by atoms with E-state index in [0.29, 0.717) is 16.7 Å². The van der Waals surface area contributed by atoms with Gasteiger partial charge >= 0.3 is 6.09 Å². The quantitative estimate of drug-likeness (QED) is 0.636. The Morgan fingerprint density at radius 1 is 1.57 bits per heavy atom. The van der Waals surface area contributed by atoms with Gasteiger partial charge in [-0.15, -0.1) is 0 Å². The fourth-order valence-electron chi connectivity index (χ4n) is 1.31. The molecule has 2 aromatic rings. The van der Waals surface area contributed by atoms with E-state index in [4.69, 9.17) is 5.73 Å². The van der Waals surface area contributed by atoms with Crippen LogP contribution >= 0.6 is 0 Å². The van der Waals surface area contributed by atoms with Gasteiger partial charge in [-0.05, 0) is 12.1 Å². The van der Waals surface area contributed by atoms with Crippen LogP contribution in [0, 0.1) is 0 Å². The number of imidazole rings is 1. The molecular weight excluding hydrogens is 182 g/mol. The fraction of sp³-hybridized carbons (Fsp3) is 0.111. The van der Waals surface area contributed by atoms with Crippen molar-refractivity contribution in [3.8, 4) is 0 Å². The van der Waals surface area contributed by atoms with Crippen LogP contribution in [0.4, 0.5) is 10.5 Å². The summed E-state index contributed by atoms with van der Waals surface area (Å²) >= 11 is 0. The average Bonchev–Trinajstić information content (AvgIpc) is 2.62. The molecule has 0 saturated heterocycles. The van der Waals surface area contributed by atoms with Crippen LogP contribution in [0.5, 0.6) is 0 Å². The molecule has 1 heterocycles. The topological polar surface area (TPSA) is 70.1 Å². The number of carbonyl (C=O) groups excluding carboxylic acids is 1. The van der Waals surface area contributed by atoms with Gasteiger partial charge in [0.15, 0.2) is 0 Å². The van der Waals surface area contributed by atoms with Crippen LogP contribution < -0.4 is 5.73 Å². The number of ether oxygens (including phenoxy) is 1. The molecule has 2 rings (SSSR count). The van der Waals surface area contributed by atoms with Gasteiger partial charge in [-0.25, -0.2) is 14.3 Å². The molecule has 0 aliphatic carbocycles. The first kappa shape index (κ1) is 8.55. The smallest absolute Gasteiger partial charge is 0.419 e. The lowest BCUT2D eigenvalue weighted by atomic mass is 10.3. The minimum absolute atomic E-state index is 0.474. The number of methoxy groups -OCH3 is 1. The molecule has 2 N–H and O–H groups in total. The molecule has 0 unspecified atom stereocenters. The highest BCUT2D eigenvalue weighted by molar-refractivity contribution is 5.92. The number of carbonyl (C=O) groups is 1. The summed E-state index contributed by atoms with van der Waals surface area (Å²) in [4.78, 5) is 15.3. The molecule has 1 aromatic heterocycles. The van der Waals surface area contributed by atoms with Gasteiger partial charge in [-0.2, -0.15) is 0 Å². The van der Waals surface area contributed by atoms with Gasteiger partial charge in [-0.3, -0.25) is 0 Å². The molecule has 0 bridgehead atoms. The van der Waals surface area contributed by atoms with E-state index in [9.17, 15) is 4.79 Å². The van der Waals surface area contributed by atoms with Gasteiger partial charge in [0.25, 0.3) is 0 Å². The monoisotopic (exact) mass is 191 g/mol. The Hall–Kier alpha value is -2.04. The fourth-order valence-corrected chi connectivity index (χ4v) is 1.31. The third-order valence-corrected chi connectivity index (χ3v) is 1.98. The molecular formula is C9H9N3O2. The highest BCUT2D eigenvalue weighted by atomic mass is 16.5. The van der Waals surface area contributed by atoms with Gasteiger partial charge in [0.1, 0.15) is 11.8 Å². The number of rotatable bonds is 0. The van der Waals surface area contributed by atoms with Crippen molar-refractivity contribution in [2.24, 2.45) is 0 Å². The molecule has 0 fully saturated rings. The number of hydrogen-bond acceptors (Lipinski definition) is 4. The minimum atomic E-state index is -0.474. The summed E-state index contributed by atoms with van der Waals surface area (Å²) < 4.78 is 5.90. The molecule has 1 aromatic carbocycles. The van der Waals surface area contributed by atoms with E-state index < -0.39 is 6.09 Å². The maximum Gasteiger partial charge on any atom is 0.419 e. The Balaban J connectivity index is 2.70. The Bertz CT molecular complexity index is 490. The molecule has 5 nitrogen and oxygen atoms in total. The number of para-hydroxylation sites is 1. The number of nitrogens with zero attached hydrogens (tertiary/aromatic N) is 2. The standard InChI is InChI=1S/C9H9N3O2/c1-14-9(13)12-5-11-8-6(10)3-2-4-7(8)12/h2-5H,10H2,1H3. The first-order chi connectivity index (χ1) is 6.74. The maximum atomic E-state index is 11.3. The zero-order chi connectivity index (χ0) is 10.1. The van der Waals surface area contributed by atoms with Crippen LogP contribution in [0.3, 0.4) is 0 Å². The Morgan fingerprint density at radius 2 is 2.36 bits per heavy atom. The summed E-state index contributed by atoms with van der Waals surface area (Å²) in [7, 11) is 1.32. The molecule has 72 valence electrons. The number of nitrogen functional groups attached to an aromatic ring is 1. The van der Waals surface area contributed by atoms with Crippen LogP contribution in [-0.4, -0.2) is 22.8 Å². The Labute approximate surface area is 80.1 Å². The first-order valence-corrected chi connectivity index (χ1v) is 4.04. The summed E-state index contributed by atoms with van der Waals surface area (Å²) in [5.41, 5.74) is 7.49. The zero-order valence-corrected chi connectivity index (χ0v) is 7.60. The molecule has 0 radical (unpaired) electrons. The van der Waals surface area contributed by atoms with E-state index in [1.165, 1.54) is 18.0 Å². The molecule has 5 heteroatoms. The Morgan fingerprint density at radius 3 is 3.07 bits per heavy atom. The zero-order valence-electron chi connectivity index (χ0n) is 7.60. The van der Waals surface area contributed by atoms with Crippen molar-refractivity contribution < 1.29 is 9.53 Å². The summed E-state index contributed by atoms with van der Waals surface area (Å²) in [6.07, 6.45) is 0.922. The lowest BCUT2D eigenvalue weighted by Gasteiger charge is -2.00. The molecule has 0 aliphatic heterocycles. The molecule has 14 heavy (non-hydrogen) atoms. The number of anilines is 1. The van der Waals surface area contributed by atoms with Crippen LogP contribution in [0.2, 0.25) is 0 Å². The van der Waals surface area contributed by atoms with Crippen LogP contribution in [0.25, 0.3) is 11.0 Å². The van der Waals surface area contributed by atoms with Gasteiger partial charge in [0.2, 0.25) is 0 Å². The molecule has 0 amide bonds. The summed E-state index contributed by atoms with van der Waals surface area (Å²) in [6, 6.07) is 5.26. The Kier molecular flexibility index (Phi) is 1.85. The predicted octanol–water partition coefficient (Wildman–Crippen LogP) is 1.23. The largest absolute Gasteiger partial charge is 0.452 e. The van der Waals surface area contributed by atoms with E-state index in [0.717, 1.165) is 0 Å². The lowest BCUT2D eigenvalue weighted by Crippen LogP contribution is -2.09. The number of nitrogens with two attached hydrogens (primary N) is 1. The van der Waals surface area contributed by atoms with Crippen LogP contribution in [-0.2, 0) is 4.74 Å². The molecule has 0 aliphatic rings. The van der Waals surface area contributed by atoms with Gasteiger partial charge in [0.05, 0.1) is 18.3 Å². The van der Waals surface area contributed by atoms with E-state index >= 15 is 0 Å². The second kappa shape index (κ2) is 3.02. The van der Waals surface area contributed by atoms with Crippen molar-refractivity contribution in [1.82, 2.24) is 9.55 Å². The van der Waals surface area contributed by atoms with Gasteiger partial charge in [-0.1, -0.05) is 6.07 Å². The lowest BCUT2D eigenvalue weighted by molar-refractivity contribution is 0.174. The second-order valence-corrected chi connectivity index (χ2v) is 2.80. The van der Waals surface area contributed by atoms with Crippen LogP contribution in [0.15, 0.2) is 24.5 Å².